The van der Waals surface area contributed by atoms with Gasteiger partial charge in [0.15, 0.2) is 11.5 Å². The smallest absolute Gasteiger partial charge is 0.262 e. The third kappa shape index (κ3) is 2.27. The highest BCUT2D eigenvalue weighted by Gasteiger charge is 2.66. The van der Waals surface area contributed by atoms with Gasteiger partial charge >= 0.3 is 0 Å². The van der Waals surface area contributed by atoms with Gasteiger partial charge in [0.25, 0.3) is 5.91 Å². The second-order valence-electron chi connectivity index (χ2n) is 8.85. The average molecular weight is 367 g/mol. The summed E-state index contributed by atoms with van der Waals surface area (Å²) in [4.78, 5) is 20.1. The van der Waals surface area contributed by atoms with Crippen molar-refractivity contribution >= 4 is 11.9 Å². The van der Waals surface area contributed by atoms with Gasteiger partial charge in [-0.05, 0) is 74.5 Å². The molecule has 5 rings (SSSR count). The molecule has 1 amide bonds. The summed E-state index contributed by atoms with van der Waals surface area (Å²) in [7, 11) is 1.76. The first-order valence-electron chi connectivity index (χ1n) is 10.4. The molecule has 5 heteroatoms. The van der Waals surface area contributed by atoms with Crippen molar-refractivity contribution in [1.29, 1.82) is 0 Å². The van der Waals surface area contributed by atoms with Crippen molar-refractivity contribution in [2.45, 2.75) is 69.4 Å². The number of fused-ring (bicyclic) bond motifs is 3. The van der Waals surface area contributed by atoms with Crippen molar-refractivity contribution in [2.24, 2.45) is 16.1 Å². The molecule has 1 unspecified atom stereocenters. The van der Waals surface area contributed by atoms with Gasteiger partial charge in [-0.2, -0.15) is 0 Å². The molecular weight excluding hydrogens is 338 g/mol. The van der Waals surface area contributed by atoms with Crippen LogP contribution >= 0.6 is 0 Å². The van der Waals surface area contributed by atoms with Crippen molar-refractivity contribution < 1.29 is 9.53 Å². The summed E-state index contributed by atoms with van der Waals surface area (Å²) in [6, 6.07) is 6.81. The Balaban J connectivity index is 1.61. The van der Waals surface area contributed by atoms with E-state index in [0.29, 0.717) is 18.0 Å². The average Bonchev–Trinajstić information content (AvgIpc) is 3.45. The summed E-state index contributed by atoms with van der Waals surface area (Å²) >= 11 is 0. The zero-order valence-electron chi connectivity index (χ0n) is 16.3. The Morgan fingerprint density at radius 1 is 1.26 bits per heavy atom. The van der Waals surface area contributed by atoms with E-state index in [2.05, 4.69) is 25.1 Å². The lowest BCUT2D eigenvalue weighted by Crippen LogP contribution is -2.51. The Morgan fingerprint density at radius 3 is 2.59 bits per heavy atom. The maximum absolute atomic E-state index is 13.6. The van der Waals surface area contributed by atoms with Crippen molar-refractivity contribution in [1.82, 2.24) is 4.90 Å². The van der Waals surface area contributed by atoms with Crippen molar-refractivity contribution in [3.8, 4) is 0 Å². The van der Waals surface area contributed by atoms with Crippen LogP contribution in [0.3, 0.4) is 0 Å². The molecule has 0 radical (unpaired) electrons. The number of likely N-dealkylation sites (N-methyl/N-ethyl adjacent to an activating group) is 1. The van der Waals surface area contributed by atoms with Gasteiger partial charge in [0.1, 0.15) is 0 Å². The maximum Gasteiger partial charge on any atom is 0.262 e. The third-order valence-corrected chi connectivity index (χ3v) is 7.40. The molecule has 2 N–H and O–H groups in total. The highest BCUT2D eigenvalue weighted by molar-refractivity contribution is 6.08. The Kier molecular flexibility index (Phi) is 3.71. The van der Waals surface area contributed by atoms with Gasteiger partial charge in [-0.25, -0.2) is 4.99 Å². The minimum absolute atomic E-state index is 0.0570. The maximum atomic E-state index is 13.6. The molecule has 0 bridgehead atoms. The van der Waals surface area contributed by atoms with Gasteiger partial charge in [0.05, 0.1) is 6.10 Å². The molecule has 5 nitrogen and oxygen atoms in total. The Labute approximate surface area is 161 Å². The summed E-state index contributed by atoms with van der Waals surface area (Å²) in [6.45, 7) is 2.80. The molecule has 1 aliphatic heterocycles. The van der Waals surface area contributed by atoms with E-state index in [0.717, 1.165) is 44.3 Å². The Bertz CT molecular complexity index is 821. The van der Waals surface area contributed by atoms with E-state index in [1.54, 1.807) is 11.9 Å². The second kappa shape index (κ2) is 5.81. The number of nitrogens with zero attached hydrogens (tertiary/aromatic N) is 2. The van der Waals surface area contributed by atoms with Gasteiger partial charge in [-0.3, -0.25) is 9.69 Å². The fourth-order valence-electron chi connectivity index (χ4n) is 5.78. The van der Waals surface area contributed by atoms with Crippen LogP contribution in [-0.4, -0.2) is 36.5 Å². The molecule has 3 aliphatic carbocycles. The molecule has 1 aromatic rings. The van der Waals surface area contributed by atoms with Crippen LogP contribution in [0, 0.1) is 5.41 Å². The van der Waals surface area contributed by atoms with Crippen LogP contribution in [0.25, 0.3) is 0 Å². The molecular formula is C22H29N3O2. The van der Waals surface area contributed by atoms with E-state index >= 15 is 0 Å². The van der Waals surface area contributed by atoms with Gasteiger partial charge < -0.3 is 10.5 Å². The van der Waals surface area contributed by atoms with Crippen LogP contribution < -0.4 is 5.73 Å². The van der Waals surface area contributed by atoms with Crippen molar-refractivity contribution in [3.63, 3.8) is 0 Å². The van der Waals surface area contributed by atoms with Crippen LogP contribution in [0.15, 0.2) is 23.2 Å². The molecule has 4 aliphatic rings. The minimum Gasteiger partial charge on any atom is -0.379 e. The molecule has 0 saturated heterocycles. The Hall–Kier alpha value is -1.88. The third-order valence-electron chi connectivity index (χ3n) is 7.40. The largest absolute Gasteiger partial charge is 0.379 e. The van der Waals surface area contributed by atoms with Crippen LogP contribution in [0.5, 0.6) is 0 Å². The monoisotopic (exact) mass is 367 g/mol. The number of ether oxygens (including phenoxy) is 1. The quantitative estimate of drug-likeness (QED) is 0.893. The molecule has 1 aromatic carbocycles. The van der Waals surface area contributed by atoms with Crippen molar-refractivity contribution in [2.75, 3.05) is 13.7 Å². The summed E-state index contributed by atoms with van der Waals surface area (Å²) in [5.41, 5.74) is 8.96. The van der Waals surface area contributed by atoms with E-state index in [1.165, 1.54) is 24.0 Å². The fourth-order valence-corrected chi connectivity index (χ4v) is 5.78. The first-order valence-corrected chi connectivity index (χ1v) is 10.4. The Morgan fingerprint density at radius 2 is 2.00 bits per heavy atom. The number of amides is 1. The number of rotatable bonds is 3. The van der Waals surface area contributed by atoms with Crippen LogP contribution in [0.4, 0.5) is 0 Å². The predicted molar refractivity (Wildman–Crippen MR) is 105 cm³/mol. The van der Waals surface area contributed by atoms with E-state index < -0.39 is 5.54 Å². The normalized spacial score (nSPS) is 35.2. The number of carbonyl (C=O) groups excluding carboxylic acids is 1. The van der Waals surface area contributed by atoms with Gasteiger partial charge in [-0.15, -0.1) is 0 Å². The predicted octanol–water partition coefficient (Wildman–Crippen LogP) is 3.07. The second-order valence-corrected chi connectivity index (χ2v) is 8.85. The summed E-state index contributed by atoms with van der Waals surface area (Å²) < 4.78 is 5.89. The number of hydrogen-bond donors (Lipinski definition) is 1. The van der Waals surface area contributed by atoms with E-state index in [-0.39, 0.29) is 11.3 Å². The fraction of sp³-hybridized carbons (Fsp3) is 0.636. The highest BCUT2D eigenvalue weighted by atomic mass is 16.5. The molecule has 144 valence electrons. The summed E-state index contributed by atoms with van der Waals surface area (Å²) in [5.74, 6) is 1.07. The van der Waals surface area contributed by atoms with Crippen LogP contribution in [0.2, 0.25) is 0 Å². The molecule has 2 spiro atoms. The zero-order valence-corrected chi connectivity index (χ0v) is 16.3. The number of guanidine groups is 1. The number of benzene rings is 1. The standard InChI is InChI=1S/C22H29N3O2/c1-3-27-17-8-10-21(11-9-17)13-16-7-6-15(14-4-5-14)12-18(16)22(21)19(26)25(2)20(23)24-22/h6-7,12,14,17H,3-5,8-11,13H2,1-2H3,(H2,23,24). The first kappa shape index (κ1) is 17.2. The van der Waals surface area contributed by atoms with Gasteiger partial charge in [0, 0.05) is 19.1 Å². The SMILES string of the molecule is CCOC1CCC2(CC1)Cc1ccc(C3CC3)cc1C21N=C(N)N(C)C1=O. The van der Waals surface area contributed by atoms with Crippen molar-refractivity contribution in [3.05, 3.63) is 34.9 Å². The number of nitrogens with two attached hydrogens (primary N) is 1. The molecule has 2 fully saturated rings. The van der Waals surface area contributed by atoms with Crippen LogP contribution in [-0.2, 0) is 21.5 Å². The first-order chi connectivity index (χ1) is 13.0. The molecule has 2 saturated carbocycles. The van der Waals surface area contributed by atoms with E-state index in [9.17, 15) is 4.79 Å². The minimum atomic E-state index is -0.830. The molecule has 1 heterocycles. The van der Waals surface area contributed by atoms with E-state index in [1.807, 2.05) is 0 Å². The summed E-state index contributed by atoms with van der Waals surface area (Å²) in [5, 5.41) is 0. The lowest BCUT2D eigenvalue weighted by Gasteiger charge is -2.45. The topological polar surface area (TPSA) is 67.9 Å². The van der Waals surface area contributed by atoms with E-state index in [4.69, 9.17) is 15.5 Å². The zero-order chi connectivity index (χ0) is 18.8. The molecule has 27 heavy (non-hydrogen) atoms. The van der Waals surface area contributed by atoms with Gasteiger partial charge in [0.2, 0.25) is 0 Å². The number of aliphatic imine (C=N–C) groups is 1. The number of carbonyl (C=O) groups is 1. The molecule has 0 aromatic heterocycles. The summed E-state index contributed by atoms with van der Waals surface area (Å²) in [6.07, 6.45) is 7.64. The lowest BCUT2D eigenvalue weighted by atomic mass is 9.61. The highest BCUT2D eigenvalue weighted by Crippen LogP contribution is 2.62. The number of hydrogen-bond acceptors (Lipinski definition) is 4. The van der Waals surface area contributed by atoms with Gasteiger partial charge in [-0.1, -0.05) is 18.2 Å². The lowest BCUT2D eigenvalue weighted by molar-refractivity contribution is -0.137. The molecule has 1 atom stereocenters. The van der Waals surface area contributed by atoms with Crippen LogP contribution in [0.1, 0.15) is 68.1 Å².